The van der Waals surface area contributed by atoms with E-state index >= 15 is 0 Å². The van der Waals surface area contributed by atoms with E-state index in [1.165, 1.54) is 25.7 Å². The molecule has 2 aromatic rings. The van der Waals surface area contributed by atoms with Crippen molar-refractivity contribution in [1.29, 1.82) is 0 Å². The molecule has 0 aromatic carbocycles. The number of nitrogens with zero attached hydrogens (tertiary/aromatic N) is 4. The standard InChI is InChI=1S/C25H32N4O3/c1-27(2)25(32)22-19(15-30)21-14-29-20(23(22)28(21)13-16-5-3-4-6-16)8-7-18(24(29)31)17-9-11-26-12-10-17/h7-12,16,19,21-23,30H,3-6,13-15H2,1-2H3/t19-,21-,22+,23+/m1/s1. The van der Waals surface area contributed by atoms with Crippen LogP contribution in [-0.2, 0) is 11.3 Å². The zero-order valence-corrected chi connectivity index (χ0v) is 18.9. The predicted molar refractivity (Wildman–Crippen MR) is 122 cm³/mol. The number of fused-ring (bicyclic) bond motifs is 4. The molecule has 1 saturated heterocycles. The van der Waals surface area contributed by atoms with Crippen molar-refractivity contribution in [3.05, 3.63) is 52.7 Å². The fourth-order valence-electron chi connectivity index (χ4n) is 6.30. The van der Waals surface area contributed by atoms with Crippen LogP contribution in [0.1, 0.15) is 37.4 Å². The molecule has 7 nitrogen and oxygen atoms in total. The largest absolute Gasteiger partial charge is 0.396 e. The van der Waals surface area contributed by atoms with Crippen LogP contribution >= 0.6 is 0 Å². The molecular formula is C25H32N4O3. The van der Waals surface area contributed by atoms with Crippen molar-refractivity contribution in [2.75, 3.05) is 27.2 Å². The molecule has 2 bridgehead atoms. The van der Waals surface area contributed by atoms with Crippen molar-refractivity contribution in [1.82, 2.24) is 19.4 Å². The van der Waals surface area contributed by atoms with Crippen molar-refractivity contribution >= 4 is 5.91 Å². The van der Waals surface area contributed by atoms with E-state index in [2.05, 4.69) is 9.88 Å². The maximum Gasteiger partial charge on any atom is 0.258 e. The Bertz CT molecular complexity index is 1040. The van der Waals surface area contributed by atoms with Crippen LogP contribution in [0.5, 0.6) is 0 Å². The molecule has 1 saturated carbocycles. The number of hydrogen-bond acceptors (Lipinski definition) is 5. The molecule has 7 heteroatoms. The van der Waals surface area contributed by atoms with Crippen LogP contribution in [0.25, 0.3) is 11.1 Å². The predicted octanol–water partition coefficient (Wildman–Crippen LogP) is 2.15. The van der Waals surface area contributed by atoms with Gasteiger partial charge in [-0.1, -0.05) is 12.8 Å². The summed E-state index contributed by atoms with van der Waals surface area (Å²) in [6.45, 7) is 1.40. The van der Waals surface area contributed by atoms with E-state index in [-0.39, 0.29) is 42.0 Å². The number of pyridine rings is 2. The Kier molecular flexibility index (Phi) is 5.63. The molecular weight excluding hydrogens is 404 g/mol. The molecule has 0 unspecified atom stereocenters. The summed E-state index contributed by atoms with van der Waals surface area (Å²) < 4.78 is 1.86. The monoisotopic (exact) mass is 436 g/mol. The Hall–Kier alpha value is -2.51. The summed E-state index contributed by atoms with van der Waals surface area (Å²) in [6.07, 6.45) is 8.37. The fraction of sp³-hybridized carbons (Fsp3) is 0.560. The number of amides is 1. The molecule has 1 amide bonds. The molecule has 2 aliphatic heterocycles. The molecule has 1 aliphatic carbocycles. The van der Waals surface area contributed by atoms with E-state index in [0.29, 0.717) is 18.0 Å². The third-order valence-electron chi connectivity index (χ3n) is 7.83. The van der Waals surface area contributed by atoms with Gasteiger partial charge in [0.15, 0.2) is 0 Å². The molecule has 0 spiro atoms. The van der Waals surface area contributed by atoms with Crippen LogP contribution < -0.4 is 5.56 Å². The van der Waals surface area contributed by atoms with E-state index in [1.54, 1.807) is 31.4 Å². The summed E-state index contributed by atoms with van der Waals surface area (Å²) in [7, 11) is 3.56. The minimum Gasteiger partial charge on any atom is -0.396 e. The Morgan fingerprint density at radius 1 is 1.16 bits per heavy atom. The van der Waals surface area contributed by atoms with Crippen molar-refractivity contribution in [2.24, 2.45) is 17.8 Å². The van der Waals surface area contributed by atoms with Gasteiger partial charge in [0.05, 0.1) is 12.0 Å². The molecule has 170 valence electrons. The molecule has 0 radical (unpaired) electrons. The number of hydrogen-bond donors (Lipinski definition) is 1. The Labute approximate surface area is 188 Å². The van der Waals surface area contributed by atoms with Crippen molar-refractivity contribution in [3.63, 3.8) is 0 Å². The van der Waals surface area contributed by atoms with E-state index in [1.807, 2.05) is 28.8 Å². The summed E-state index contributed by atoms with van der Waals surface area (Å²) in [6, 6.07) is 7.42. The van der Waals surface area contributed by atoms with Gasteiger partial charge >= 0.3 is 0 Å². The van der Waals surface area contributed by atoms with Crippen LogP contribution in [0.15, 0.2) is 41.5 Å². The molecule has 2 aromatic heterocycles. The third-order valence-corrected chi connectivity index (χ3v) is 7.83. The quantitative estimate of drug-likeness (QED) is 0.777. The first-order chi connectivity index (χ1) is 15.5. The Balaban J connectivity index is 1.61. The SMILES string of the molecule is CN(C)C(=O)[C@H]1[C@H](CO)[C@H]2Cn3c(ccc(-c4ccncc4)c3=O)[C@@H]1N2CC1CCCC1. The number of aliphatic hydroxyl groups is 1. The first-order valence-corrected chi connectivity index (χ1v) is 11.7. The van der Waals surface area contributed by atoms with Gasteiger partial charge in [-0.15, -0.1) is 0 Å². The number of aliphatic hydroxyl groups excluding tert-OH is 1. The van der Waals surface area contributed by atoms with Crippen molar-refractivity contribution in [2.45, 2.75) is 44.3 Å². The summed E-state index contributed by atoms with van der Waals surface area (Å²) >= 11 is 0. The van der Waals surface area contributed by atoms with Crippen molar-refractivity contribution < 1.29 is 9.90 Å². The topological polar surface area (TPSA) is 78.7 Å². The van der Waals surface area contributed by atoms with E-state index in [0.717, 1.165) is 17.8 Å². The van der Waals surface area contributed by atoms with Gasteiger partial charge < -0.3 is 14.6 Å². The van der Waals surface area contributed by atoms with E-state index < -0.39 is 0 Å². The maximum absolute atomic E-state index is 13.6. The van der Waals surface area contributed by atoms with Gasteiger partial charge in [-0.3, -0.25) is 19.5 Å². The highest BCUT2D eigenvalue weighted by atomic mass is 16.3. The minimum absolute atomic E-state index is 0.0163. The molecule has 5 rings (SSSR count). The highest BCUT2D eigenvalue weighted by Gasteiger charge is 2.56. The van der Waals surface area contributed by atoms with Crippen LogP contribution in [0.3, 0.4) is 0 Å². The van der Waals surface area contributed by atoms with Gasteiger partial charge in [0.25, 0.3) is 5.56 Å². The summed E-state index contributed by atoms with van der Waals surface area (Å²) in [5.74, 6) is 0.135. The van der Waals surface area contributed by atoms with Gasteiger partial charge in [0, 0.05) is 69.4 Å². The lowest BCUT2D eigenvalue weighted by molar-refractivity contribution is -0.135. The Morgan fingerprint density at radius 2 is 1.88 bits per heavy atom. The average molecular weight is 437 g/mol. The first-order valence-electron chi connectivity index (χ1n) is 11.7. The zero-order chi connectivity index (χ0) is 22.4. The lowest BCUT2D eigenvalue weighted by Crippen LogP contribution is -2.48. The van der Waals surface area contributed by atoms with E-state index in [4.69, 9.17) is 0 Å². The normalized spacial score (nSPS) is 27.5. The smallest absolute Gasteiger partial charge is 0.258 e. The number of aromatic nitrogens is 2. The van der Waals surface area contributed by atoms with Gasteiger partial charge in [-0.2, -0.15) is 0 Å². The summed E-state index contributed by atoms with van der Waals surface area (Å²) in [5.41, 5.74) is 2.37. The number of rotatable bonds is 5. The molecule has 4 heterocycles. The molecule has 1 N–H and O–H groups in total. The minimum atomic E-state index is -0.346. The second kappa shape index (κ2) is 8.45. The zero-order valence-electron chi connectivity index (χ0n) is 18.9. The molecule has 3 aliphatic rings. The molecule has 4 atom stereocenters. The molecule has 2 fully saturated rings. The first kappa shape index (κ1) is 21.3. The van der Waals surface area contributed by atoms with Gasteiger partial charge in [0.1, 0.15) is 0 Å². The average Bonchev–Trinajstić information content (AvgIpc) is 3.38. The van der Waals surface area contributed by atoms with Gasteiger partial charge in [-0.05, 0) is 48.6 Å². The lowest BCUT2D eigenvalue weighted by atomic mass is 9.86. The van der Waals surface area contributed by atoms with E-state index in [9.17, 15) is 14.7 Å². The third kappa shape index (κ3) is 3.39. The van der Waals surface area contributed by atoms with Crippen molar-refractivity contribution in [3.8, 4) is 11.1 Å². The summed E-state index contributed by atoms with van der Waals surface area (Å²) in [4.78, 5) is 35.0. The van der Waals surface area contributed by atoms with Crippen LogP contribution in [0.2, 0.25) is 0 Å². The van der Waals surface area contributed by atoms with Crippen LogP contribution in [0, 0.1) is 17.8 Å². The second-order valence-electron chi connectivity index (χ2n) is 9.79. The lowest BCUT2D eigenvalue weighted by Gasteiger charge is -2.39. The number of carbonyl (C=O) groups is 1. The maximum atomic E-state index is 13.6. The molecule has 32 heavy (non-hydrogen) atoms. The summed E-state index contributed by atoms with van der Waals surface area (Å²) in [5, 5.41) is 10.4. The fourth-order valence-corrected chi connectivity index (χ4v) is 6.30. The Morgan fingerprint density at radius 3 is 2.53 bits per heavy atom. The second-order valence-corrected chi connectivity index (χ2v) is 9.79. The van der Waals surface area contributed by atoms with Crippen LogP contribution in [-0.4, -0.2) is 63.7 Å². The van der Waals surface area contributed by atoms with Gasteiger partial charge in [0.2, 0.25) is 5.91 Å². The highest BCUT2D eigenvalue weighted by Crippen LogP contribution is 2.49. The number of carbonyl (C=O) groups excluding carboxylic acids is 1. The highest BCUT2D eigenvalue weighted by molar-refractivity contribution is 5.80. The van der Waals surface area contributed by atoms with Crippen LogP contribution in [0.4, 0.5) is 0 Å². The van der Waals surface area contributed by atoms with Gasteiger partial charge in [-0.25, -0.2) is 0 Å².